The molecular formula is C54H106O8. The van der Waals surface area contributed by atoms with Gasteiger partial charge in [0.15, 0.2) is 0 Å². The van der Waals surface area contributed by atoms with Gasteiger partial charge in [-0.3, -0.25) is 9.78 Å². The van der Waals surface area contributed by atoms with Gasteiger partial charge in [0.25, 0.3) is 0 Å². The number of carbonyl (C=O) groups excluding carboxylic acids is 2. The van der Waals surface area contributed by atoms with Crippen LogP contribution in [0.15, 0.2) is 0 Å². The molecule has 8 heteroatoms. The molecule has 0 aliphatic rings. The van der Waals surface area contributed by atoms with Gasteiger partial charge in [-0.15, -0.1) is 0 Å². The van der Waals surface area contributed by atoms with Gasteiger partial charge in [0.05, 0.1) is 0 Å². The summed E-state index contributed by atoms with van der Waals surface area (Å²) in [5.74, 6) is -2.31. The van der Waals surface area contributed by atoms with Gasteiger partial charge in [-0.2, -0.15) is 9.78 Å². The quantitative estimate of drug-likeness (QED) is 0.0258. The summed E-state index contributed by atoms with van der Waals surface area (Å²) in [6.07, 6.45) is 51.4. The lowest BCUT2D eigenvalue weighted by Crippen LogP contribution is -2.36. The minimum Gasteiger partial charge on any atom is -0.255 e. The highest BCUT2D eigenvalue weighted by Crippen LogP contribution is 2.33. The molecule has 62 heavy (non-hydrogen) atoms. The third-order valence-electron chi connectivity index (χ3n) is 13.5. The first-order valence-corrected chi connectivity index (χ1v) is 27.2. The molecule has 0 saturated heterocycles. The summed E-state index contributed by atoms with van der Waals surface area (Å²) in [7, 11) is 0. The molecule has 0 amide bonds. The van der Waals surface area contributed by atoms with Crippen LogP contribution in [0.1, 0.15) is 312 Å². The first kappa shape index (κ1) is 60.8. The summed E-state index contributed by atoms with van der Waals surface area (Å²) in [5, 5.41) is 9.76. The molecule has 0 aliphatic carbocycles. The van der Waals surface area contributed by atoms with Gasteiger partial charge in [-0.1, -0.05) is 259 Å². The van der Waals surface area contributed by atoms with Crippen LogP contribution in [0.5, 0.6) is 0 Å². The van der Waals surface area contributed by atoms with E-state index in [9.17, 15) is 9.59 Å². The summed E-state index contributed by atoms with van der Waals surface area (Å²) in [6.45, 7) is 16.7. The van der Waals surface area contributed by atoms with E-state index in [4.69, 9.17) is 19.9 Å². The van der Waals surface area contributed by atoms with Crippen LogP contribution in [0.2, 0.25) is 0 Å². The van der Waals surface area contributed by atoms with Crippen LogP contribution in [-0.2, 0) is 39.2 Å². The fourth-order valence-corrected chi connectivity index (χ4v) is 8.93. The van der Waals surface area contributed by atoms with E-state index in [1.54, 1.807) is 0 Å². The fraction of sp³-hybridized carbons (Fsp3) is 0.963. The van der Waals surface area contributed by atoms with Gasteiger partial charge < -0.3 is 0 Å². The zero-order valence-corrected chi connectivity index (χ0v) is 42.7. The van der Waals surface area contributed by atoms with Crippen molar-refractivity contribution in [3.05, 3.63) is 0 Å². The second-order valence-corrected chi connectivity index (χ2v) is 20.1. The highest BCUT2D eigenvalue weighted by molar-refractivity contribution is 6.29. The summed E-state index contributed by atoms with van der Waals surface area (Å²) in [6, 6.07) is 0. The van der Waals surface area contributed by atoms with Gasteiger partial charge in [-0.05, 0) is 75.3 Å². The molecule has 0 aliphatic heterocycles. The molecule has 0 saturated carbocycles. The van der Waals surface area contributed by atoms with Crippen molar-refractivity contribution < 1.29 is 39.2 Å². The number of rotatable bonds is 48. The zero-order chi connectivity index (χ0) is 45.8. The third kappa shape index (κ3) is 37.0. The molecule has 370 valence electrons. The van der Waals surface area contributed by atoms with E-state index in [0.717, 1.165) is 64.2 Å². The Bertz CT molecular complexity index is 892. The molecule has 0 aromatic carbocycles. The molecule has 0 bridgehead atoms. The minimum absolute atomic E-state index is 0.221. The van der Waals surface area contributed by atoms with Crippen molar-refractivity contribution in [2.75, 3.05) is 0 Å². The number of carbonyl (C=O) groups is 2. The fourth-order valence-electron chi connectivity index (χ4n) is 8.93. The van der Waals surface area contributed by atoms with Crippen LogP contribution in [-0.4, -0.2) is 23.1 Å². The van der Waals surface area contributed by atoms with Gasteiger partial charge in [0.1, 0.15) is 11.2 Å². The van der Waals surface area contributed by atoms with Gasteiger partial charge in [0.2, 0.25) is 0 Å². The first-order valence-electron chi connectivity index (χ1n) is 27.2. The van der Waals surface area contributed by atoms with Crippen LogP contribution in [0.3, 0.4) is 0 Å². The molecule has 0 heterocycles. The standard InChI is InChI=1S/C54H106O8/c1-9-13-17-19-21-23-25-27-29-31-33-35-37-39-41-43-47-49(45-15-11-3)53(5,6)59-61-57-51(55)52(56)58-62-60-54(7,8)50(46-16-12-4)48-44-42-40-38-36-34-32-30-28-26-24-22-20-18-14-10-2/h49-50H,9-48H2,1-8H3. The molecule has 0 radical (unpaired) electrons. The molecule has 8 nitrogen and oxygen atoms in total. The Morgan fingerprint density at radius 3 is 0.726 bits per heavy atom. The van der Waals surface area contributed by atoms with Gasteiger partial charge >= 0.3 is 11.9 Å². The second-order valence-electron chi connectivity index (χ2n) is 20.1. The van der Waals surface area contributed by atoms with Crippen molar-refractivity contribution in [1.82, 2.24) is 0 Å². The molecule has 2 unspecified atom stereocenters. The van der Waals surface area contributed by atoms with E-state index in [-0.39, 0.29) is 11.8 Å². The largest absolute Gasteiger partial charge is 0.456 e. The Hall–Kier alpha value is -1.22. The van der Waals surface area contributed by atoms with Crippen LogP contribution in [0.25, 0.3) is 0 Å². The van der Waals surface area contributed by atoms with Crippen molar-refractivity contribution >= 4 is 11.9 Å². The average Bonchev–Trinajstić information content (AvgIpc) is 3.24. The van der Waals surface area contributed by atoms with Gasteiger partial charge in [0, 0.05) is 0 Å². The maximum atomic E-state index is 12.4. The second kappa shape index (κ2) is 43.7. The lowest BCUT2D eigenvalue weighted by Gasteiger charge is -2.32. The Morgan fingerprint density at radius 2 is 0.500 bits per heavy atom. The smallest absolute Gasteiger partial charge is 0.255 e. The van der Waals surface area contributed by atoms with Crippen molar-refractivity contribution in [3.63, 3.8) is 0 Å². The topological polar surface area (TPSA) is 89.5 Å². The van der Waals surface area contributed by atoms with E-state index in [0.29, 0.717) is 0 Å². The maximum Gasteiger partial charge on any atom is 0.456 e. The van der Waals surface area contributed by atoms with Crippen LogP contribution in [0.4, 0.5) is 0 Å². The van der Waals surface area contributed by atoms with Crippen LogP contribution < -0.4 is 0 Å². The number of hydrogen-bond acceptors (Lipinski definition) is 8. The van der Waals surface area contributed by atoms with E-state index in [1.165, 1.54) is 193 Å². The van der Waals surface area contributed by atoms with Crippen molar-refractivity contribution in [2.24, 2.45) is 11.8 Å². The maximum absolute atomic E-state index is 12.4. The SMILES string of the molecule is CCCCCCCCCCCCCCCCCCC(CCCC)C(C)(C)OOOC(=O)C(=O)OOOC(C)(C)C(CCCC)CCCCCCCCCCCCCCCCCC. The van der Waals surface area contributed by atoms with E-state index in [2.05, 4.69) is 37.5 Å². The summed E-state index contributed by atoms with van der Waals surface area (Å²) in [5.41, 5.74) is -1.42. The van der Waals surface area contributed by atoms with Crippen molar-refractivity contribution in [2.45, 2.75) is 323 Å². The first-order chi connectivity index (χ1) is 30.1. The average molecular weight is 883 g/mol. The van der Waals surface area contributed by atoms with Crippen LogP contribution in [0, 0.1) is 11.8 Å². The molecule has 0 spiro atoms. The Labute approximate surface area is 385 Å². The monoisotopic (exact) mass is 883 g/mol. The Morgan fingerprint density at radius 1 is 0.306 bits per heavy atom. The Balaban J connectivity index is 4.32. The predicted octanol–water partition coefficient (Wildman–Crippen LogP) is 18.3. The molecule has 0 fully saturated rings. The van der Waals surface area contributed by atoms with Crippen molar-refractivity contribution in [1.29, 1.82) is 0 Å². The zero-order valence-electron chi connectivity index (χ0n) is 42.7. The highest BCUT2D eigenvalue weighted by atomic mass is 17.5. The third-order valence-corrected chi connectivity index (χ3v) is 13.5. The number of hydrogen-bond donors (Lipinski definition) is 0. The van der Waals surface area contributed by atoms with Gasteiger partial charge in [-0.25, -0.2) is 9.59 Å². The summed E-state index contributed by atoms with van der Waals surface area (Å²) >= 11 is 0. The Kier molecular flexibility index (Phi) is 42.8. The highest BCUT2D eigenvalue weighted by Gasteiger charge is 2.34. The van der Waals surface area contributed by atoms with E-state index in [1.807, 2.05) is 27.7 Å². The lowest BCUT2D eigenvalue weighted by molar-refractivity contribution is -0.530. The molecule has 2 atom stereocenters. The normalized spacial score (nSPS) is 13.1. The molecule has 0 aromatic rings. The molecular weight excluding hydrogens is 777 g/mol. The van der Waals surface area contributed by atoms with Crippen molar-refractivity contribution in [3.8, 4) is 0 Å². The minimum atomic E-state index is -1.37. The molecule has 0 aromatic heterocycles. The summed E-state index contributed by atoms with van der Waals surface area (Å²) in [4.78, 5) is 45.3. The van der Waals surface area contributed by atoms with Crippen LogP contribution >= 0.6 is 0 Å². The lowest BCUT2D eigenvalue weighted by atomic mass is 9.82. The molecule has 0 rings (SSSR count). The molecule has 0 N–H and O–H groups in total. The number of unbranched alkanes of at least 4 members (excludes halogenated alkanes) is 32. The van der Waals surface area contributed by atoms with E-state index < -0.39 is 23.1 Å². The summed E-state index contributed by atoms with van der Waals surface area (Å²) < 4.78 is 0. The predicted molar refractivity (Wildman–Crippen MR) is 259 cm³/mol. The van der Waals surface area contributed by atoms with E-state index >= 15 is 0 Å².